The fourth-order valence-electron chi connectivity index (χ4n) is 3.91. The molecule has 0 radical (unpaired) electrons. The summed E-state index contributed by atoms with van der Waals surface area (Å²) in [4.78, 5) is 36.1. The smallest absolute Gasteiger partial charge is 0.335 e. The molecule has 2 aromatic rings. The first-order valence-electron chi connectivity index (χ1n) is 9.56. The first-order chi connectivity index (χ1) is 13.0. The number of hydrogen-bond acceptors (Lipinski definition) is 3. The van der Waals surface area contributed by atoms with E-state index in [-0.39, 0.29) is 34.4 Å². The molecular weight excluding hydrogens is 352 g/mol. The molecule has 1 N–H and O–H groups in total. The third kappa shape index (κ3) is 3.77. The van der Waals surface area contributed by atoms with Crippen LogP contribution in [0.15, 0.2) is 42.5 Å². The number of carbonyl (C=O) groups is 3. The lowest BCUT2D eigenvalue weighted by Gasteiger charge is -2.42. The minimum absolute atomic E-state index is 0.00217. The lowest BCUT2D eigenvalue weighted by Crippen LogP contribution is -2.34. The molecule has 0 atom stereocenters. The fraction of sp³-hybridized carbons (Fsp3) is 0.375. The van der Waals surface area contributed by atoms with E-state index in [1.807, 2.05) is 18.2 Å². The Morgan fingerprint density at radius 3 is 1.79 bits per heavy atom. The summed E-state index contributed by atoms with van der Waals surface area (Å²) in [6, 6.07) is 11.5. The molecule has 1 aliphatic carbocycles. The van der Waals surface area contributed by atoms with Crippen molar-refractivity contribution in [1.29, 1.82) is 0 Å². The number of benzene rings is 2. The number of carbonyl (C=O) groups excluding carboxylic acids is 2. The number of hydrogen-bond donors (Lipinski definition) is 1. The molecule has 0 unspecified atom stereocenters. The molecule has 4 heteroatoms. The molecule has 0 aliphatic heterocycles. The van der Waals surface area contributed by atoms with Gasteiger partial charge in [0.15, 0.2) is 11.6 Å². The fourth-order valence-corrected chi connectivity index (χ4v) is 3.91. The van der Waals surface area contributed by atoms with E-state index in [1.54, 1.807) is 0 Å². The molecule has 4 nitrogen and oxygen atoms in total. The molecule has 146 valence electrons. The molecule has 0 aromatic heterocycles. The van der Waals surface area contributed by atoms with Gasteiger partial charge in [0.05, 0.1) is 12.0 Å². The largest absolute Gasteiger partial charge is 0.478 e. The Balaban J connectivity index is 1.83. The van der Waals surface area contributed by atoms with Crippen LogP contribution in [-0.4, -0.2) is 22.6 Å². The molecule has 2 aromatic carbocycles. The van der Waals surface area contributed by atoms with Crippen molar-refractivity contribution in [1.82, 2.24) is 0 Å². The normalized spacial score (nSPS) is 16.9. The van der Waals surface area contributed by atoms with Gasteiger partial charge in [-0.2, -0.15) is 0 Å². The maximum absolute atomic E-state index is 12.7. The third-order valence-electron chi connectivity index (χ3n) is 5.95. The summed E-state index contributed by atoms with van der Waals surface area (Å²) < 4.78 is 0. The van der Waals surface area contributed by atoms with Crippen LogP contribution in [0.5, 0.6) is 0 Å². The van der Waals surface area contributed by atoms with Crippen molar-refractivity contribution in [3.8, 4) is 0 Å². The van der Waals surface area contributed by atoms with Gasteiger partial charge in [0.25, 0.3) is 0 Å². The zero-order valence-electron chi connectivity index (χ0n) is 16.8. The van der Waals surface area contributed by atoms with Crippen LogP contribution in [0.2, 0.25) is 0 Å². The van der Waals surface area contributed by atoms with Gasteiger partial charge in [-0.15, -0.1) is 0 Å². The van der Waals surface area contributed by atoms with Crippen LogP contribution in [0.25, 0.3) is 0 Å². The Bertz CT molecular complexity index is 949. The van der Waals surface area contributed by atoms with Gasteiger partial charge in [-0.3, -0.25) is 9.59 Å². The number of Topliss-reactive ketones (excluding diaryl/α,β-unsaturated/α-hetero) is 2. The molecule has 0 fully saturated rings. The first-order valence-corrected chi connectivity index (χ1v) is 9.56. The monoisotopic (exact) mass is 378 g/mol. The van der Waals surface area contributed by atoms with Gasteiger partial charge in [0.2, 0.25) is 0 Å². The second kappa shape index (κ2) is 7.01. The summed E-state index contributed by atoms with van der Waals surface area (Å²) in [6.45, 7) is 8.86. The Morgan fingerprint density at radius 2 is 1.21 bits per heavy atom. The maximum Gasteiger partial charge on any atom is 0.335 e. The molecule has 0 bridgehead atoms. The van der Waals surface area contributed by atoms with Crippen LogP contribution in [0, 0.1) is 0 Å². The highest BCUT2D eigenvalue weighted by atomic mass is 16.4. The lowest BCUT2D eigenvalue weighted by molar-refractivity contribution is 0.0695. The number of fused-ring (bicyclic) bond motifs is 1. The summed E-state index contributed by atoms with van der Waals surface area (Å²) in [6.07, 6.45) is 1.93. The average Bonchev–Trinajstić information content (AvgIpc) is 2.65. The Labute approximate surface area is 165 Å². The summed E-state index contributed by atoms with van der Waals surface area (Å²) in [7, 11) is 0. The summed E-state index contributed by atoms with van der Waals surface area (Å²) in [5.74, 6) is -1.57. The predicted octanol–water partition coefficient (Wildman–Crippen LogP) is 5.19. The van der Waals surface area contributed by atoms with E-state index in [2.05, 4.69) is 27.7 Å². The highest BCUT2D eigenvalue weighted by Gasteiger charge is 2.37. The van der Waals surface area contributed by atoms with Gasteiger partial charge < -0.3 is 5.11 Å². The average molecular weight is 378 g/mol. The number of ketones is 2. The SMILES string of the molecule is CC1(C)CCC(C)(C)c2cc(C(=O)CC(=O)c3ccc(C(=O)O)cc3)ccc21. The van der Waals surface area contributed by atoms with Crippen molar-refractivity contribution < 1.29 is 19.5 Å². The van der Waals surface area contributed by atoms with Gasteiger partial charge in [-0.1, -0.05) is 52.0 Å². The van der Waals surface area contributed by atoms with Gasteiger partial charge >= 0.3 is 5.97 Å². The third-order valence-corrected chi connectivity index (χ3v) is 5.95. The zero-order valence-corrected chi connectivity index (χ0v) is 16.8. The van der Waals surface area contributed by atoms with Crippen molar-refractivity contribution in [3.05, 3.63) is 70.3 Å². The topological polar surface area (TPSA) is 71.4 Å². The number of aromatic carboxylic acids is 1. The van der Waals surface area contributed by atoms with Crippen LogP contribution >= 0.6 is 0 Å². The van der Waals surface area contributed by atoms with E-state index in [0.717, 1.165) is 12.8 Å². The predicted molar refractivity (Wildman–Crippen MR) is 108 cm³/mol. The molecule has 0 saturated heterocycles. The van der Waals surface area contributed by atoms with Crippen molar-refractivity contribution in [2.75, 3.05) is 0 Å². The highest BCUT2D eigenvalue weighted by Crippen LogP contribution is 2.45. The van der Waals surface area contributed by atoms with Crippen molar-refractivity contribution in [2.45, 2.75) is 57.8 Å². The minimum atomic E-state index is -1.05. The van der Waals surface area contributed by atoms with Crippen LogP contribution in [-0.2, 0) is 10.8 Å². The number of carboxylic acids is 1. The summed E-state index contributed by atoms with van der Waals surface area (Å²) in [5, 5.41) is 8.95. The van der Waals surface area contributed by atoms with E-state index in [1.165, 1.54) is 35.4 Å². The van der Waals surface area contributed by atoms with E-state index in [0.29, 0.717) is 11.1 Å². The molecule has 0 saturated carbocycles. The molecule has 0 spiro atoms. The van der Waals surface area contributed by atoms with Crippen molar-refractivity contribution in [3.63, 3.8) is 0 Å². The molecule has 0 heterocycles. The van der Waals surface area contributed by atoms with Gasteiger partial charge in [0.1, 0.15) is 0 Å². The number of rotatable bonds is 5. The van der Waals surface area contributed by atoms with Crippen LogP contribution in [0.4, 0.5) is 0 Å². The van der Waals surface area contributed by atoms with E-state index >= 15 is 0 Å². The van der Waals surface area contributed by atoms with Crippen LogP contribution in [0.1, 0.15) is 89.2 Å². The zero-order chi connectivity index (χ0) is 20.7. The van der Waals surface area contributed by atoms with Crippen molar-refractivity contribution in [2.24, 2.45) is 0 Å². The van der Waals surface area contributed by atoms with Gasteiger partial charge in [-0.05, 0) is 53.0 Å². The summed E-state index contributed by atoms with van der Waals surface area (Å²) >= 11 is 0. The standard InChI is InChI=1S/C24H26O4/c1-23(2)11-12-24(3,4)19-13-17(9-10-18(19)23)21(26)14-20(25)15-5-7-16(8-6-15)22(27)28/h5-10,13H,11-12,14H2,1-4H3,(H,27,28). The van der Waals surface area contributed by atoms with Gasteiger partial charge in [-0.25, -0.2) is 4.79 Å². The maximum atomic E-state index is 12.7. The van der Waals surface area contributed by atoms with Crippen LogP contribution in [0.3, 0.4) is 0 Å². The molecule has 1 aliphatic rings. The highest BCUT2D eigenvalue weighted by molar-refractivity contribution is 6.13. The van der Waals surface area contributed by atoms with E-state index in [9.17, 15) is 14.4 Å². The second-order valence-corrected chi connectivity index (χ2v) is 8.93. The van der Waals surface area contributed by atoms with Crippen LogP contribution < -0.4 is 0 Å². The Morgan fingerprint density at radius 1 is 0.750 bits per heavy atom. The number of carboxylic acid groups (broad SMARTS) is 1. The minimum Gasteiger partial charge on any atom is -0.478 e. The second-order valence-electron chi connectivity index (χ2n) is 8.93. The van der Waals surface area contributed by atoms with E-state index < -0.39 is 5.97 Å². The van der Waals surface area contributed by atoms with Crippen molar-refractivity contribution >= 4 is 17.5 Å². The summed E-state index contributed by atoms with van der Waals surface area (Å²) in [5.41, 5.74) is 3.55. The quantitative estimate of drug-likeness (QED) is 0.574. The first kappa shape index (κ1) is 20.0. The van der Waals surface area contributed by atoms with Gasteiger partial charge in [0, 0.05) is 11.1 Å². The molecule has 0 amide bonds. The van der Waals surface area contributed by atoms with E-state index in [4.69, 9.17) is 5.11 Å². The Hall–Kier alpha value is -2.75. The Kier molecular flexibility index (Phi) is 5.00. The molecule has 28 heavy (non-hydrogen) atoms. The lowest BCUT2D eigenvalue weighted by atomic mass is 9.63. The molecule has 3 rings (SSSR count). The molecular formula is C24H26O4.